The number of benzene rings is 2. The summed E-state index contributed by atoms with van der Waals surface area (Å²) in [5.41, 5.74) is 2.85. The summed E-state index contributed by atoms with van der Waals surface area (Å²) in [5, 5.41) is 5.88. The first-order chi connectivity index (χ1) is 10.2. The van der Waals surface area contributed by atoms with Crippen LogP contribution in [-0.4, -0.2) is 19.1 Å². The van der Waals surface area contributed by atoms with Crippen LogP contribution in [0, 0.1) is 0 Å². The second-order valence-corrected chi connectivity index (χ2v) is 5.28. The largest absolute Gasteiger partial charge is 0.343 e. The molecule has 21 heavy (non-hydrogen) atoms. The van der Waals surface area contributed by atoms with Gasteiger partial charge in [0.15, 0.2) is 0 Å². The number of hydrogen-bond acceptors (Lipinski definition) is 2. The van der Waals surface area contributed by atoms with Crippen LogP contribution in [0.4, 0.5) is 21.9 Å². The molecular formula is C17H19N3O. The Balaban J connectivity index is 1.79. The molecule has 1 fully saturated rings. The number of urea groups is 1. The molecule has 2 amide bonds. The Kier molecular flexibility index (Phi) is 3.77. The molecule has 2 aromatic carbocycles. The molecule has 0 aliphatic heterocycles. The van der Waals surface area contributed by atoms with Crippen molar-refractivity contribution in [3.8, 4) is 0 Å². The van der Waals surface area contributed by atoms with Gasteiger partial charge in [0.2, 0.25) is 0 Å². The van der Waals surface area contributed by atoms with Crippen LogP contribution in [-0.2, 0) is 0 Å². The zero-order valence-corrected chi connectivity index (χ0v) is 12.0. The molecule has 4 nitrogen and oxygen atoms in total. The zero-order chi connectivity index (χ0) is 14.7. The smallest absolute Gasteiger partial charge is 0.319 e. The number of carbonyl (C=O) groups is 1. The minimum atomic E-state index is -0.133. The second-order valence-electron chi connectivity index (χ2n) is 5.28. The molecule has 0 spiro atoms. The Morgan fingerprint density at radius 2 is 1.71 bits per heavy atom. The van der Waals surface area contributed by atoms with Crippen LogP contribution < -0.4 is 15.5 Å². The van der Waals surface area contributed by atoms with E-state index in [4.69, 9.17) is 0 Å². The van der Waals surface area contributed by atoms with Gasteiger partial charge in [-0.2, -0.15) is 0 Å². The lowest BCUT2D eigenvalue weighted by molar-refractivity contribution is 0.251. The van der Waals surface area contributed by atoms with Gasteiger partial charge in [-0.1, -0.05) is 30.3 Å². The third-order valence-corrected chi connectivity index (χ3v) is 3.57. The maximum atomic E-state index is 11.9. The molecule has 2 N–H and O–H groups in total. The van der Waals surface area contributed by atoms with Crippen molar-refractivity contribution >= 4 is 23.1 Å². The number of carbonyl (C=O) groups excluding carboxylic acids is 1. The highest BCUT2D eigenvalue weighted by Gasteiger charge is 2.23. The summed E-state index contributed by atoms with van der Waals surface area (Å²) in [6, 6.07) is 18.1. The topological polar surface area (TPSA) is 44.4 Å². The summed E-state index contributed by atoms with van der Waals surface area (Å²) in [4.78, 5) is 14.0. The monoisotopic (exact) mass is 281 g/mol. The maximum Gasteiger partial charge on any atom is 0.319 e. The highest BCUT2D eigenvalue weighted by molar-refractivity contribution is 5.94. The van der Waals surface area contributed by atoms with Gasteiger partial charge in [0, 0.05) is 18.8 Å². The fraction of sp³-hybridized carbons (Fsp3) is 0.235. The SMILES string of the molecule is CN(c1ccccc1)c1ccccc1NC(=O)NC1CC1. The van der Waals surface area contributed by atoms with Crippen LogP contribution >= 0.6 is 0 Å². The van der Waals surface area contributed by atoms with E-state index in [2.05, 4.69) is 15.5 Å². The highest BCUT2D eigenvalue weighted by Crippen LogP contribution is 2.30. The maximum absolute atomic E-state index is 11.9. The lowest BCUT2D eigenvalue weighted by atomic mass is 10.2. The average Bonchev–Trinajstić information content (AvgIpc) is 3.32. The first kappa shape index (κ1) is 13.5. The summed E-state index contributed by atoms with van der Waals surface area (Å²) in [6.07, 6.45) is 2.16. The van der Waals surface area contributed by atoms with Crippen molar-refractivity contribution in [3.63, 3.8) is 0 Å². The van der Waals surface area contributed by atoms with Crippen LogP contribution in [0.5, 0.6) is 0 Å². The summed E-state index contributed by atoms with van der Waals surface area (Å²) in [7, 11) is 1.99. The second kappa shape index (κ2) is 5.87. The molecule has 4 heteroatoms. The van der Waals surface area contributed by atoms with Gasteiger partial charge in [0.25, 0.3) is 0 Å². The van der Waals surface area contributed by atoms with E-state index in [0.717, 1.165) is 29.9 Å². The summed E-state index contributed by atoms with van der Waals surface area (Å²) < 4.78 is 0. The van der Waals surface area contributed by atoms with Crippen molar-refractivity contribution in [1.82, 2.24) is 5.32 Å². The van der Waals surface area contributed by atoms with E-state index in [9.17, 15) is 4.79 Å². The van der Waals surface area contributed by atoms with Gasteiger partial charge in [-0.05, 0) is 37.1 Å². The van der Waals surface area contributed by atoms with E-state index in [1.165, 1.54) is 0 Å². The Labute approximate surface area is 124 Å². The predicted molar refractivity (Wildman–Crippen MR) is 86.1 cm³/mol. The molecule has 108 valence electrons. The van der Waals surface area contributed by atoms with Crippen molar-refractivity contribution in [2.45, 2.75) is 18.9 Å². The molecule has 3 rings (SSSR count). The predicted octanol–water partition coefficient (Wildman–Crippen LogP) is 3.74. The van der Waals surface area contributed by atoms with E-state index in [0.29, 0.717) is 6.04 Å². The van der Waals surface area contributed by atoms with Gasteiger partial charge >= 0.3 is 6.03 Å². The van der Waals surface area contributed by atoms with Crippen molar-refractivity contribution < 1.29 is 4.79 Å². The average molecular weight is 281 g/mol. The van der Waals surface area contributed by atoms with Crippen molar-refractivity contribution in [2.75, 3.05) is 17.3 Å². The molecular weight excluding hydrogens is 262 g/mol. The van der Waals surface area contributed by atoms with Gasteiger partial charge in [-0.3, -0.25) is 0 Å². The van der Waals surface area contributed by atoms with E-state index in [1.54, 1.807) is 0 Å². The van der Waals surface area contributed by atoms with Gasteiger partial charge < -0.3 is 15.5 Å². The lowest BCUT2D eigenvalue weighted by Gasteiger charge is -2.22. The quantitative estimate of drug-likeness (QED) is 0.896. The molecule has 1 aliphatic carbocycles. The minimum Gasteiger partial charge on any atom is -0.343 e. The molecule has 2 aromatic rings. The van der Waals surface area contributed by atoms with E-state index >= 15 is 0 Å². The zero-order valence-electron chi connectivity index (χ0n) is 12.0. The van der Waals surface area contributed by atoms with E-state index in [1.807, 2.05) is 61.6 Å². The molecule has 0 atom stereocenters. The standard InChI is InChI=1S/C17H19N3O/c1-20(14-7-3-2-4-8-14)16-10-6-5-9-15(16)19-17(21)18-13-11-12-13/h2-10,13H,11-12H2,1H3,(H2,18,19,21). The van der Waals surface area contributed by atoms with Crippen LogP contribution in [0.25, 0.3) is 0 Å². The number of para-hydroxylation sites is 3. The third-order valence-electron chi connectivity index (χ3n) is 3.57. The van der Waals surface area contributed by atoms with Crippen molar-refractivity contribution in [1.29, 1.82) is 0 Å². The summed E-state index contributed by atoms with van der Waals surface area (Å²) in [5.74, 6) is 0. The Morgan fingerprint density at radius 1 is 1.05 bits per heavy atom. The Bertz CT molecular complexity index is 623. The molecule has 0 bridgehead atoms. The Morgan fingerprint density at radius 3 is 2.43 bits per heavy atom. The van der Waals surface area contributed by atoms with Crippen LogP contribution in [0.3, 0.4) is 0 Å². The Hall–Kier alpha value is -2.49. The van der Waals surface area contributed by atoms with Crippen LogP contribution in [0.1, 0.15) is 12.8 Å². The minimum absolute atomic E-state index is 0.133. The number of nitrogens with zero attached hydrogens (tertiary/aromatic N) is 1. The number of rotatable bonds is 4. The lowest BCUT2D eigenvalue weighted by Crippen LogP contribution is -2.31. The number of amides is 2. The molecule has 0 unspecified atom stereocenters. The molecule has 0 saturated heterocycles. The number of hydrogen-bond donors (Lipinski definition) is 2. The van der Waals surface area contributed by atoms with Crippen molar-refractivity contribution in [2.24, 2.45) is 0 Å². The van der Waals surface area contributed by atoms with Gasteiger partial charge in [0.05, 0.1) is 11.4 Å². The van der Waals surface area contributed by atoms with Gasteiger partial charge in [0.1, 0.15) is 0 Å². The third kappa shape index (κ3) is 3.34. The summed E-state index contributed by atoms with van der Waals surface area (Å²) >= 11 is 0. The fourth-order valence-corrected chi connectivity index (χ4v) is 2.23. The molecule has 0 aromatic heterocycles. The number of anilines is 3. The fourth-order valence-electron chi connectivity index (χ4n) is 2.23. The normalized spacial score (nSPS) is 13.6. The molecule has 0 heterocycles. The highest BCUT2D eigenvalue weighted by atomic mass is 16.2. The van der Waals surface area contributed by atoms with E-state index in [-0.39, 0.29) is 6.03 Å². The van der Waals surface area contributed by atoms with E-state index < -0.39 is 0 Å². The van der Waals surface area contributed by atoms with Gasteiger partial charge in [-0.15, -0.1) is 0 Å². The van der Waals surface area contributed by atoms with Crippen LogP contribution in [0.2, 0.25) is 0 Å². The first-order valence-corrected chi connectivity index (χ1v) is 7.19. The van der Waals surface area contributed by atoms with Crippen LogP contribution in [0.15, 0.2) is 54.6 Å². The first-order valence-electron chi connectivity index (χ1n) is 7.19. The summed E-state index contributed by atoms with van der Waals surface area (Å²) in [6.45, 7) is 0. The molecule has 1 saturated carbocycles. The number of nitrogens with one attached hydrogen (secondary N) is 2. The molecule has 0 radical (unpaired) electrons. The van der Waals surface area contributed by atoms with Gasteiger partial charge in [-0.25, -0.2) is 4.79 Å². The van der Waals surface area contributed by atoms with Crippen molar-refractivity contribution in [3.05, 3.63) is 54.6 Å². The molecule has 1 aliphatic rings.